The van der Waals surface area contributed by atoms with Gasteiger partial charge in [-0.1, -0.05) is 6.07 Å². The van der Waals surface area contributed by atoms with E-state index in [0.717, 1.165) is 29.2 Å². The van der Waals surface area contributed by atoms with E-state index in [-0.39, 0.29) is 24.3 Å². The highest BCUT2D eigenvalue weighted by molar-refractivity contribution is 6.03. The van der Waals surface area contributed by atoms with Gasteiger partial charge in [0.25, 0.3) is 0 Å². The number of halogens is 4. The number of carbonyl (C=O) groups excluding carboxylic acids is 2. The summed E-state index contributed by atoms with van der Waals surface area (Å²) in [7, 11) is 0. The number of hydrogen-bond donors (Lipinski definition) is 1. The van der Waals surface area contributed by atoms with Crippen molar-refractivity contribution in [1.29, 1.82) is 0 Å². The van der Waals surface area contributed by atoms with E-state index in [1.807, 2.05) is 0 Å². The van der Waals surface area contributed by atoms with E-state index >= 15 is 0 Å². The largest absolute Gasteiger partial charge is 0.573 e. The summed E-state index contributed by atoms with van der Waals surface area (Å²) in [6.45, 7) is -0.133. The standard InChI is InChI=1S/C18H13F4N3O5/c19-14-5-4-12(8-15(14)25(28)29)24-9-10(6-16(24)26)17(27)23-11-2-1-3-13(7-11)30-18(20,21)22/h1-5,7-8,10H,6,9H2,(H,23,27)/t10-/m1/s1. The quantitative estimate of drug-likeness (QED) is 0.446. The molecule has 1 saturated heterocycles. The number of rotatable bonds is 5. The van der Waals surface area contributed by atoms with E-state index in [4.69, 9.17) is 0 Å². The summed E-state index contributed by atoms with van der Waals surface area (Å²) < 4.78 is 54.2. The molecule has 1 fully saturated rings. The number of nitrogens with zero attached hydrogens (tertiary/aromatic N) is 2. The van der Waals surface area contributed by atoms with Crippen LogP contribution in [0.2, 0.25) is 0 Å². The first-order chi connectivity index (χ1) is 14.0. The first kappa shape index (κ1) is 21.0. The van der Waals surface area contributed by atoms with Crippen molar-refractivity contribution >= 4 is 28.9 Å². The third-order valence-electron chi connectivity index (χ3n) is 4.27. The van der Waals surface area contributed by atoms with Gasteiger partial charge >= 0.3 is 12.0 Å². The fourth-order valence-corrected chi connectivity index (χ4v) is 2.96. The highest BCUT2D eigenvalue weighted by Gasteiger charge is 2.36. The van der Waals surface area contributed by atoms with Crippen LogP contribution in [-0.4, -0.2) is 29.6 Å². The Balaban J connectivity index is 1.71. The maximum Gasteiger partial charge on any atom is 0.573 e. The Bertz CT molecular complexity index is 1010. The van der Waals surface area contributed by atoms with Gasteiger partial charge in [0, 0.05) is 30.8 Å². The van der Waals surface area contributed by atoms with Crippen LogP contribution in [0.4, 0.5) is 34.6 Å². The fourth-order valence-electron chi connectivity index (χ4n) is 2.96. The number of ether oxygens (including phenoxy) is 1. The molecule has 0 aliphatic carbocycles. The van der Waals surface area contributed by atoms with Crippen LogP contribution in [0.3, 0.4) is 0 Å². The van der Waals surface area contributed by atoms with E-state index in [1.165, 1.54) is 18.2 Å². The monoisotopic (exact) mass is 427 g/mol. The van der Waals surface area contributed by atoms with Crippen LogP contribution in [0.25, 0.3) is 0 Å². The van der Waals surface area contributed by atoms with E-state index in [2.05, 4.69) is 10.1 Å². The zero-order valence-electron chi connectivity index (χ0n) is 15.0. The summed E-state index contributed by atoms with van der Waals surface area (Å²) in [4.78, 5) is 35.8. The van der Waals surface area contributed by atoms with Crippen molar-refractivity contribution in [2.24, 2.45) is 5.92 Å². The number of nitro benzene ring substituents is 1. The minimum atomic E-state index is -4.89. The van der Waals surface area contributed by atoms with Gasteiger partial charge in [0.2, 0.25) is 17.6 Å². The van der Waals surface area contributed by atoms with Crippen molar-refractivity contribution in [2.45, 2.75) is 12.8 Å². The summed E-state index contributed by atoms with van der Waals surface area (Å²) in [5.74, 6) is -3.60. The first-order valence-corrected chi connectivity index (χ1v) is 8.44. The number of carbonyl (C=O) groups is 2. The molecular weight excluding hydrogens is 414 g/mol. The molecule has 8 nitrogen and oxygen atoms in total. The summed E-state index contributed by atoms with van der Waals surface area (Å²) in [6.07, 6.45) is -5.12. The number of benzene rings is 2. The Morgan fingerprint density at radius 2 is 1.97 bits per heavy atom. The lowest BCUT2D eigenvalue weighted by atomic mass is 10.1. The van der Waals surface area contributed by atoms with Crippen LogP contribution >= 0.6 is 0 Å². The Kier molecular flexibility index (Phi) is 5.58. The maximum absolute atomic E-state index is 13.5. The Morgan fingerprint density at radius 1 is 1.23 bits per heavy atom. The van der Waals surface area contributed by atoms with Crippen LogP contribution in [-0.2, 0) is 9.59 Å². The molecule has 3 rings (SSSR count). The number of amides is 2. The van der Waals surface area contributed by atoms with Crippen LogP contribution in [0.15, 0.2) is 42.5 Å². The predicted octanol–water partition coefficient (Wildman–Crippen LogP) is 3.62. The minimum absolute atomic E-state index is 0.0325. The SMILES string of the molecule is O=C(Nc1cccc(OC(F)(F)F)c1)[C@@H]1CC(=O)N(c2ccc(F)c([N+](=O)[O-])c2)C1. The Labute approximate surface area is 166 Å². The molecule has 1 aliphatic heterocycles. The van der Waals surface area contributed by atoms with Crippen molar-refractivity contribution in [1.82, 2.24) is 0 Å². The van der Waals surface area contributed by atoms with Crippen molar-refractivity contribution in [3.8, 4) is 5.75 Å². The third-order valence-corrected chi connectivity index (χ3v) is 4.27. The van der Waals surface area contributed by atoms with E-state index in [1.54, 1.807) is 0 Å². The van der Waals surface area contributed by atoms with Crippen LogP contribution in [0.1, 0.15) is 6.42 Å². The maximum atomic E-state index is 13.5. The smallest absolute Gasteiger partial charge is 0.406 e. The molecule has 0 spiro atoms. The molecule has 12 heteroatoms. The van der Waals surface area contributed by atoms with Crippen molar-refractivity contribution < 1.29 is 36.8 Å². The lowest BCUT2D eigenvalue weighted by Crippen LogP contribution is -2.28. The van der Waals surface area contributed by atoms with Crippen molar-refractivity contribution in [2.75, 3.05) is 16.8 Å². The molecule has 158 valence electrons. The number of hydrogen-bond acceptors (Lipinski definition) is 5. The average Bonchev–Trinajstić information content (AvgIpc) is 3.02. The molecule has 1 N–H and O–H groups in total. The predicted molar refractivity (Wildman–Crippen MR) is 95.3 cm³/mol. The van der Waals surface area contributed by atoms with Crippen molar-refractivity contribution in [3.63, 3.8) is 0 Å². The summed E-state index contributed by atoms with van der Waals surface area (Å²) in [5.41, 5.74) is -0.719. The fraction of sp³-hybridized carbons (Fsp3) is 0.222. The number of nitro groups is 1. The average molecular weight is 427 g/mol. The minimum Gasteiger partial charge on any atom is -0.406 e. The molecular formula is C18H13F4N3O5. The van der Waals surface area contributed by atoms with Gasteiger partial charge < -0.3 is 15.0 Å². The summed E-state index contributed by atoms with van der Waals surface area (Å²) in [6, 6.07) is 7.55. The van der Waals surface area contributed by atoms with Gasteiger partial charge in [0.15, 0.2) is 0 Å². The zero-order valence-corrected chi connectivity index (χ0v) is 15.0. The summed E-state index contributed by atoms with van der Waals surface area (Å²) >= 11 is 0. The lowest BCUT2D eigenvalue weighted by molar-refractivity contribution is -0.387. The van der Waals surface area contributed by atoms with Crippen LogP contribution < -0.4 is 15.0 Å². The van der Waals surface area contributed by atoms with E-state index < -0.39 is 46.3 Å². The number of nitrogens with one attached hydrogen (secondary N) is 1. The number of anilines is 2. The van der Waals surface area contributed by atoms with E-state index in [9.17, 15) is 37.3 Å². The molecule has 1 aliphatic rings. The highest BCUT2D eigenvalue weighted by atomic mass is 19.4. The molecule has 0 aromatic heterocycles. The molecule has 2 aromatic rings. The second kappa shape index (κ2) is 7.97. The van der Waals surface area contributed by atoms with Crippen molar-refractivity contribution in [3.05, 3.63) is 58.4 Å². The second-order valence-electron chi connectivity index (χ2n) is 6.36. The molecule has 0 unspecified atom stereocenters. The molecule has 0 radical (unpaired) electrons. The van der Waals surface area contributed by atoms with Gasteiger partial charge in [-0.2, -0.15) is 4.39 Å². The zero-order chi connectivity index (χ0) is 22.1. The van der Waals surface area contributed by atoms with Gasteiger partial charge in [0.1, 0.15) is 5.75 Å². The Hall–Kier alpha value is -3.70. The van der Waals surface area contributed by atoms with Crippen LogP contribution in [0.5, 0.6) is 5.75 Å². The van der Waals surface area contributed by atoms with Gasteiger partial charge in [-0.15, -0.1) is 13.2 Å². The lowest BCUT2D eigenvalue weighted by Gasteiger charge is -2.17. The van der Waals surface area contributed by atoms with Gasteiger partial charge in [-0.25, -0.2) is 0 Å². The van der Waals surface area contributed by atoms with Gasteiger partial charge in [-0.05, 0) is 24.3 Å². The number of alkyl halides is 3. The summed E-state index contributed by atoms with van der Waals surface area (Å²) in [5, 5.41) is 13.3. The highest BCUT2D eigenvalue weighted by Crippen LogP contribution is 2.31. The third kappa shape index (κ3) is 4.82. The Morgan fingerprint density at radius 3 is 2.63 bits per heavy atom. The molecule has 0 bridgehead atoms. The first-order valence-electron chi connectivity index (χ1n) is 8.44. The molecule has 1 atom stereocenters. The second-order valence-corrected chi connectivity index (χ2v) is 6.36. The topological polar surface area (TPSA) is 102 Å². The molecule has 2 aromatic carbocycles. The van der Waals surface area contributed by atoms with Gasteiger partial charge in [-0.3, -0.25) is 19.7 Å². The molecule has 30 heavy (non-hydrogen) atoms. The molecule has 0 saturated carbocycles. The van der Waals surface area contributed by atoms with Crippen LogP contribution in [0, 0.1) is 21.8 Å². The molecule has 2 amide bonds. The normalized spacial score (nSPS) is 16.5. The van der Waals surface area contributed by atoms with E-state index in [0.29, 0.717) is 0 Å². The molecule has 1 heterocycles. The van der Waals surface area contributed by atoms with Gasteiger partial charge in [0.05, 0.1) is 16.5 Å².